The summed E-state index contributed by atoms with van der Waals surface area (Å²) in [5.41, 5.74) is 7.95. The molecule has 0 saturated carbocycles. The molecule has 0 heterocycles. The van der Waals surface area contributed by atoms with E-state index in [9.17, 15) is 4.57 Å². The first-order chi connectivity index (χ1) is 16.7. The first-order valence-electron chi connectivity index (χ1n) is 12.4. The van der Waals surface area contributed by atoms with Crippen LogP contribution in [0.2, 0.25) is 0 Å². The van der Waals surface area contributed by atoms with Crippen LogP contribution in [0.5, 0.6) is 0 Å². The molecule has 35 heavy (non-hydrogen) atoms. The summed E-state index contributed by atoms with van der Waals surface area (Å²) in [6.45, 7) is 6.44. The smallest absolute Gasteiger partial charge is 0.124 e. The molecule has 0 aliphatic rings. The van der Waals surface area contributed by atoms with Crippen LogP contribution in [-0.4, -0.2) is 11.0 Å². The highest BCUT2D eigenvalue weighted by Crippen LogP contribution is 2.68. The number of hydrogen-bond donors (Lipinski definition) is 0. The molecule has 3 atom stereocenters. The van der Waals surface area contributed by atoms with Crippen LogP contribution in [0.25, 0.3) is 0 Å². The number of halogens is 3. The van der Waals surface area contributed by atoms with Crippen molar-refractivity contribution in [3.05, 3.63) is 106 Å². The lowest BCUT2D eigenvalue weighted by Gasteiger charge is -2.33. The lowest BCUT2D eigenvalue weighted by molar-refractivity contribution is 0.564. The largest absolute Gasteiger partial charge is 0.320 e. The number of hydrogen-bond acceptors (Lipinski definition) is 1. The van der Waals surface area contributed by atoms with Crippen molar-refractivity contribution in [3.8, 4) is 0 Å². The second-order valence-electron chi connectivity index (χ2n) is 9.65. The molecular formula is C30H36I3OP. The molecule has 188 valence electrons. The third-order valence-electron chi connectivity index (χ3n) is 6.57. The third-order valence-corrected chi connectivity index (χ3v) is 19.7. The van der Waals surface area contributed by atoms with E-state index in [1.807, 2.05) is 0 Å². The van der Waals surface area contributed by atoms with Gasteiger partial charge in [0.25, 0.3) is 0 Å². The van der Waals surface area contributed by atoms with Gasteiger partial charge in [-0.2, -0.15) is 0 Å². The molecule has 3 aromatic rings. The highest BCUT2D eigenvalue weighted by Gasteiger charge is 2.42. The van der Waals surface area contributed by atoms with Crippen molar-refractivity contribution in [2.45, 2.75) is 70.3 Å². The Morgan fingerprint density at radius 1 is 0.571 bits per heavy atom. The molecule has 5 heteroatoms. The molecule has 0 radical (unpaired) electrons. The fourth-order valence-electron chi connectivity index (χ4n) is 4.59. The Kier molecular flexibility index (Phi) is 12.1. The highest BCUT2D eigenvalue weighted by atomic mass is 127. The first-order valence-corrected chi connectivity index (χ1v) is 18.0. The summed E-state index contributed by atoms with van der Waals surface area (Å²) in [5, 5.41) is 0. The predicted octanol–water partition coefficient (Wildman–Crippen LogP) is 10.5. The Labute approximate surface area is 253 Å². The molecule has 0 fully saturated rings. The molecular weight excluding hydrogens is 788 g/mol. The van der Waals surface area contributed by atoms with Gasteiger partial charge in [-0.15, -0.1) is 0 Å². The Morgan fingerprint density at radius 3 is 1.11 bits per heavy atom. The van der Waals surface area contributed by atoms with Gasteiger partial charge in [0.2, 0.25) is 0 Å². The van der Waals surface area contributed by atoms with E-state index in [-0.39, 0.29) is 11.0 Å². The van der Waals surface area contributed by atoms with Crippen LogP contribution in [0, 0.1) is 20.8 Å². The summed E-state index contributed by atoms with van der Waals surface area (Å²) in [5.74, 6) is 0. The zero-order valence-corrected chi connectivity index (χ0v) is 28.3. The molecule has 0 aliphatic carbocycles. The number of benzene rings is 3. The van der Waals surface area contributed by atoms with Crippen LogP contribution in [-0.2, 0) is 23.8 Å². The number of alkyl halides is 3. The summed E-state index contributed by atoms with van der Waals surface area (Å²) in [4.78, 5) is 0. The zero-order valence-electron chi connectivity index (χ0n) is 20.9. The van der Waals surface area contributed by atoms with Crippen LogP contribution in [0.15, 0.2) is 72.8 Å². The molecule has 0 N–H and O–H groups in total. The van der Waals surface area contributed by atoms with Crippen molar-refractivity contribution in [2.75, 3.05) is 0 Å². The minimum Gasteiger partial charge on any atom is -0.320 e. The average Bonchev–Trinajstić information content (AvgIpc) is 2.84. The van der Waals surface area contributed by atoms with Crippen molar-refractivity contribution in [1.29, 1.82) is 0 Å². The van der Waals surface area contributed by atoms with Gasteiger partial charge < -0.3 is 4.57 Å². The van der Waals surface area contributed by atoms with E-state index in [0.717, 1.165) is 38.5 Å². The Hall–Kier alpha value is 0.0800. The average molecular weight is 824 g/mol. The van der Waals surface area contributed by atoms with Gasteiger partial charge in [-0.05, 0) is 76.0 Å². The van der Waals surface area contributed by atoms with Gasteiger partial charge in [0, 0.05) is 0 Å². The van der Waals surface area contributed by atoms with Gasteiger partial charge in [-0.1, -0.05) is 157 Å². The Bertz CT molecular complexity index is 1000. The fourth-order valence-corrected chi connectivity index (χ4v) is 20.7. The standard InChI is InChI=1S/C30H36I3OP/c1-22-7-4-10-25(19-22)13-16-28(31)35(34,29(32)17-14-26-11-5-8-23(2)20-26)30(33)18-15-27-12-6-9-24(3)21-27/h4-12,19-21,28-30H,13-18H2,1-3H3. The maximum atomic E-state index is 15.0. The second kappa shape index (κ2) is 14.3. The Balaban J connectivity index is 1.75. The third kappa shape index (κ3) is 8.81. The van der Waals surface area contributed by atoms with Gasteiger partial charge in [0.05, 0.1) is 11.0 Å². The highest BCUT2D eigenvalue weighted by molar-refractivity contribution is 14.1. The van der Waals surface area contributed by atoms with Crippen molar-refractivity contribution in [3.63, 3.8) is 0 Å². The summed E-state index contributed by atoms with van der Waals surface area (Å²) in [6, 6.07) is 26.3. The van der Waals surface area contributed by atoms with E-state index in [1.165, 1.54) is 33.4 Å². The molecule has 3 unspecified atom stereocenters. The summed E-state index contributed by atoms with van der Waals surface area (Å²) in [7, 11) is -2.48. The van der Waals surface area contributed by atoms with E-state index < -0.39 is 7.14 Å². The monoisotopic (exact) mass is 824 g/mol. The minimum absolute atomic E-state index is 0.180. The van der Waals surface area contributed by atoms with E-state index in [0.29, 0.717) is 0 Å². The SMILES string of the molecule is Cc1cccc(CCC(I)P(=O)(C(I)CCc2cccc(C)c2)C(I)CCc2cccc(C)c2)c1. The van der Waals surface area contributed by atoms with Gasteiger partial charge in [-0.3, -0.25) is 0 Å². The molecule has 1 nitrogen and oxygen atoms in total. The van der Waals surface area contributed by atoms with Crippen molar-refractivity contribution in [1.82, 2.24) is 0 Å². The maximum Gasteiger partial charge on any atom is 0.124 e. The van der Waals surface area contributed by atoms with Crippen molar-refractivity contribution in [2.24, 2.45) is 0 Å². The van der Waals surface area contributed by atoms with E-state index in [1.54, 1.807) is 0 Å². The molecule has 3 rings (SSSR count). The molecule has 0 amide bonds. The fraction of sp³-hybridized carbons (Fsp3) is 0.400. The minimum atomic E-state index is -2.48. The summed E-state index contributed by atoms with van der Waals surface area (Å²) < 4.78 is 15.5. The van der Waals surface area contributed by atoms with E-state index in [4.69, 9.17) is 0 Å². The second-order valence-corrected chi connectivity index (χ2v) is 20.5. The molecule has 0 saturated heterocycles. The quantitative estimate of drug-likeness (QED) is 0.101. The van der Waals surface area contributed by atoms with Crippen LogP contribution in [0.4, 0.5) is 0 Å². The lowest BCUT2D eigenvalue weighted by Crippen LogP contribution is -2.19. The maximum absolute atomic E-state index is 15.0. The lowest BCUT2D eigenvalue weighted by atomic mass is 10.1. The number of aryl methyl sites for hydroxylation is 6. The van der Waals surface area contributed by atoms with Gasteiger partial charge >= 0.3 is 0 Å². The van der Waals surface area contributed by atoms with Crippen molar-refractivity contribution >= 4 is 74.9 Å². The predicted molar refractivity (Wildman–Crippen MR) is 180 cm³/mol. The summed E-state index contributed by atoms with van der Waals surface area (Å²) in [6.07, 6.45) is 5.87. The number of rotatable bonds is 12. The van der Waals surface area contributed by atoms with Crippen LogP contribution in [0.3, 0.4) is 0 Å². The van der Waals surface area contributed by atoms with Gasteiger partial charge in [0.1, 0.15) is 7.14 Å². The first kappa shape index (κ1) is 29.6. The Morgan fingerprint density at radius 2 is 0.857 bits per heavy atom. The van der Waals surface area contributed by atoms with Gasteiger partial charge in [-0.25, -0.2) is 0 Å². The van der Waals surface area contributed by atoms with Gasteiger partial charge in [0.15, 0.2) is 0 Å². The van der Waals surface area contributed by atoms with E-state index >= 15 is 0 Å². The van der Waals surface area contributed by atoms with Crippen molar-refractivity contribution < 1.29 is 4.57 Å². The molecule has 0 bridgehead atoms. The normalized spacial score (nSPS) is 15.8. The molecule has 3 aromatic carbocycles. The molecule has 0 spiro atoms. The van der Waals surface area contributed by atoms with Crippen LogP contribution in [0.1, 0.15) is 52.6 Å². The molecule has 0 aromatic heterocycles. The summed E-state index contributed by atoms with van der Waals surface area (Å²) >= 11 is 7.60. The van der Waals surface area contributed by atoms with Crippen LogP contribution >= 0.6 is 74.9 Å². The van der Waals surface area contributed by atoms with Crippen LogP contribution < -0.4 is 0 Å². The molecule has 0 aliphatic heterocycles. The van der Waals surface area contributed by atoms with E-state index in [2.05, 4.69) is 161 Å². The topological polar surface area (TPSA) is 17.1 Å². The zero-order chi connectivity index (χ0) is 25.4.